The van der Waals surface area contributed by atoms with Gasteiger partial charge in [0, 0.05) is 18.2 Å². The zero-order valence-electron chi connectivity index (χ0n) is 10.8. The van der Waals surface area contributed by atoms with E-state index in [9.17, 15) is 0 Å². The third-order valence-corrected chi connectivity index (χ3v) is 2.84. The van der Waals surface area contributed by atoms with Gasteiger partial charge in [0.05, 0.1) is 13.2 Å². The summed E-state index contributed by atoms with van der Waals surface area (Å²) < 4.78 is 16.3. The summed E-state index contributed by atoms with van der Waals surface area (Å²) in [5, 5.41) is 3.38. The molecule has 0 aromatic carbocycles. The SMILES string of the molecule is Cc1oc(COC2COC2)cc1CNC(C)C. The second-order valence-electron chi connectivity index (χ2n) is 4.80. The van der Waals surface area contributed by atoms with Gasteiger partial charge in [-0.3, -0.25) is 0 Å². The molecule has 0 spiro atoms. The summed E-state index contributed by atoms with van der Waals surface area (Å²) >= 11 is 0. The number of ether oxygens (including phenoxy) is 2. The van der Waals surface area contributed by atoms with E-state index < -0.39 is 0 Å². The number of nitrogens with one attached hydrogen (secondary N) is 1. The molecule has 0 unspecified atom stereocenters. The van der Waals surface area contributed by atoms with Crippen LogP contribution in [0.15, 0.2) is 10.5 Å². The van der Waals surface area contributed by atoms with Crippen LogP contribution >= 0.6 is 0 Å². The Morgan fingerprint density at radius 1 is 1.47 bits per heavy atom. The van der Waals surface area contributed by atoms with Crippen LogP contribution in [-0.4, -0.2) is 25.4 Å². The molecule has 2 heterocycles. The largest absolute Gasteiger partial charge is 0.464 e. The van der Waals surface area contributed by atoms with Crippen LogP contribution in [0.1, 0.15) is 30.9 Å². The summed E-state index contributed by atoms with van der Waals surface area (Å²) in [6.45, 7) is 9.07. The highest BCUT2D eigenvalue weighted by Crippen LogP contribution is 2.17. The molecule has 0 aliphatic carbocycles. The van der Waals surface area contributed by atoms with E-state index in [-0.39, 0.29) is 6.10 Å². The smallest absolute Gasteiger partial charge is 0.130 e. The first-order valence-electron chi connectivity index (χ1n) is 6.16. The summed E-state index contributed by atoms with van der Waals surface area (Å²) in [5.41, 5.74) is 1.21. The van der Waals surface area contributed by atoms with E-state index in [4.69, 9.17) is 13.9 Å². The van der Waals surface area contributed by atoms with Crippen molar-refractivity contribution in [3.63, 3.8) is 0 Å². The predicted octanol–water partition coefficient (Wildman–Crippen LogP) is 2.00. The van der Waals surface area contributed by atoms with Crippen molar-refractivity contribution in [2.24, 2.45) is 0 Å². The average molecular weight is 239 g/mol. The van der Waals surface area contributed by atoms with E-state index in [0.29, 0.717) is 25.9 Å². The molecule has 17 heavy (non-hydrogen) atoms. The standard InChI is InChI=1S/C13H21NO3/c1-9(2)14-5-11-4-12(17-10(11)3)8-16-13-6-15-7-13/h4,9,13-14H,5-8H2,1-3H3. The van der Waals surface area contributed by atoms with Crippen molar-refractivity contribution in [1.82, 2.24) is 5.32 Å². The minimum absolute atomic E-state index is 0.248. The lowest BCUT2D eigenvalue weighted by Crippen LogP contribution is -2.35. The molecule has 96 valence electrons. The highest BCUT2D eigenvalue weighted by atomic mass is 16.6. The molecule has 4 heteroatoms. The van der Waals surface area contributed by atoms with Gasteiger partial charge in [-0.25, -0.2) is 0 Å². The number of hydrogen-bond donors (Lipinski definition) is 1. The summed E-state index contributed by atoms with van der Waals surface area (Å²) in [6.07, 6.45) is 0.248. The monoisotopic (exact) mass is 239 g/mol. The van der Waals surface area contributed by atoms with Gasteiger partial charge in [0.1, 0.15) is 24.2 Å². The number of furan rings is 1. The highest BCUT2D eigenvalue weighted by molar-refractivity contribution is 5.20. The maximum Gasteiger partial charge on any atom is 0.130 e. The maximum absolute atomic E-state index is 5.66. The van der Waals surface area contributed by atoms with Gasteiger partial charge in [-0.15, -0.1) is 0 Å². The Morgan fingerprint density at radius 3 is 2.82 bits per heavy atom. The lowest BCUT2D eigenvalue weighted by Gasteiger charge is -2.25. The number of rotatable bonds is 6. The van der Waals surface area contributed by atoms with Gasteiger partial charge in [-0.05, 0) is 13.0 Å². The van der Waals surface area contributed by atoms with Crippen molar-refractivity contribution in [3.05, 3.63) is 23.2 Å². The quantitative estimate of drug-likeness (QED) is 0.824. The first kappa shape index (κ1) is 12.6. The van der Waals surface area contributed by atoms with Crippen molar-refractivity contribution in [2.45, 2.75) is 46.1 Å². The van der Waals surface area contributed by atoms with Gasteiger partial charge in [0.15, 0.2) is 0 Å². The average Bonchev–Trinajstić information content (AvgIpc) is 2.54. The second kappa shape index (κ2) is 5.67. The van der Waals surface area contributed by atoms with E-state index in [2.05, 4.69) is 25.2 Å². The van der Waals surface area contributed by atoms with Crippen LogP contribution < -0.4 is 5.32 Å². The highest BCUT2D eigenvalue weighted by Gasteiger charge is 2.19. The molecule has 1 aromatic heterocycles. The molecule has 0 amide bonds. The Hall–Kier alpha value is -0.840. The summed E-state index contributed by atoms with van der Waals surface area (Å²) in [5.74, 6) is 1.87. The first-order chi connectivity index (χ1) is 8.15. The van der Waals surface area contributed by atoms with Crippen LogP contribution in [0.5, 0.6) is 0 Å². The Balaban J connectivity index is 1.83. The topological polar surface area (TPSA) is 43.6 Å². The fourth-order valence-electron chi connectivity index (χ4n) is 1.66. The second-order valence-corrected chi connectivity index (χ2v) is 4.80. The van der Waals surface area contributed by atoms with E-state index in [1.54, 1.807) is 0 Å². The molecule has 1 aromatic rings. The van der Waals surface area contributed by atoms with Crippen LogP contribution in [0.2, 0.25) is 0 Å². The van der Waals surface area contributed by atoms with Gasteiger partial charge in [-0.2, -0.15) is 0 Å². The van der Waals surface area contributed by atoms with Crippen LogP contribution in [0.3, 0.4) is 0 Å². The molecule has 1 fully saturated rings. The molecule has 1 saturated heterocycles. The summed E-state index contributed by atoms with van der Waals surface area (Å²) in [7, 11) is 0. The van der Waals surface area contributed by atoms with E-state index in [1.165, 1.54) is 5.56 Å². The molecular weight excluding hydrogens is 218 g/mol. The fourth-order valence-corrected chi connectivity index (χ4v) is 1.66. The van der Waals surface area contributed by atoms with Crippen molar-refractivity contribution in [2.75, 3.05) is 13.2 Å². The van der Waals surface area contributed by atoms with Gasteiger partial charge in [0.2, 0.25) is 0 Å². The maximum atomic E-state index is 5.66. The van der Waals surface area contributed by atoms with Gasteiger partial charge in [0.25, 0.3) is 0 Å². The van der Waals surface area contributed by atoms with Crippen LogP contribution in [0.4, 0.5) is 0 Å². The molecule has 0 radical (unpaired) electrons. The van der Waals surface area contributed by atoms with Crippen molar-refractivity contribution >= 4 is 0 Å². The number of aryl methyl sites for hydroxylation is 1. The Labute approximate surface area is 102 Å². The molecule has 4 nitrogen and oxygen atoms in total. The minimum atomic E-state index is 0.248. The molecule has 1 N–H and O–H groups in total. The molecule has 0 bridgehead atoms. The third kappa shape index (κ3) is 3.56. The minimum Gasteiger partial charge on any atom is -0.464 e. The summed E-state index contributed by atoms with van der Waals surface area (Å²) in [4.78, 5) is 0. The molecule has 0 atom stereocenters. The lowest BCUT2D eigenvalue weighted by molar-refractivity contribution is -0.137. The van der Waals surface area contributed by atoms with Crippen molar-refractivity contribution in [3.8, 4) is 0 Å². The molecular formula is C13H21NO3. The lowest BCUT2D eigenvalue weighted by atomic mass is 10.2. The van der Waals surface area contributed by atoms with E-state index in [0.717, 1.165) is 18.1 Å². The molecule has 0 saturated carbocycles. The van der Waals surface area contributed by atoms with Crippen LogP contribution in [-0.2, 0) is 22.6 Å². The first-order valence-corrected chi connectivity index (χ1v) is 6.16. The Morgan fingerprint density at radius 2 is 2.24 bits per heavy atom. The zero-order valence-corrected chi connectivity index (χ0v) is 10.8. The molecule has 1 aliphatic rings. The third-order valence-electron chi connectivity index (χ3n) is 2.84. The van der Waals surface area contributed by atoms with E-state index >= 15 is 0 Å². The van der Waals surface area contributed by atoms with Gasteiger partial charge in [-0.1, -0.05) is 13.8 Å². The summed E-state index contributed by atoms with van der Waals surface area (Å²) in [6, 6.07) is 2.56. The van der Waals surface area contributed by atoms with Gasteiger partial charge < -0.3 is 19.2 Å². The number of hydrogen-bond acceptors (Lipinski definition) is 4. The Bertz CT molecular complexity index is 356. The zero-order chi connectivity index (χ0) is 12.3. The van der Waals surface area contributed by atoms with Crippen molar-refractivity contribution < 1.29 is 13.9 Å². The predicted molar refractivity (Wildman–Crippen MR) is 64.8 cm³/mol. The Kier molecular flexibility index (Phi) is 4.20. The fraction of sp³-hybridized carbons (Fsp3) is 0.692. The van der Waals surface area contributed by atoms with E-state index in [1.807, 2.05) is 6.92 Å². The molecule has 2 rings (SSSR count). The molecule has 1 aliphatic heterocycles. The van der Waals surface area contributed by atoms with Crippen LogP contribution in [0.25, 0.3) is 0 Å². The van der Waals surface area contributed by atoms with Gasteiger partial charge >= 0.3 is 0 Å². The normalized spacial score (nSPS) is 16.5. The van der Waals surface area contributed by atoms with Crippen LogP contribution in [0, 0.1) is 6.92 Å². The van der Waals surface area contributed by atoms with Crippen molar-refractivity contribution in [1.29, 1.82) is 0 Å².